The van der Waals surface area contributed by atoms with Crippen LogP contribution in [0.15, 0.2) is 102 Å². The topological polar surface area (TPSA) is 50.4 Å². The lowest BCUT2D eigenvalue weighted by Crippen LogP contribution is -2.31. The summed E-state index contributed by atoms with van der Waals surface area (Å²) < 4.78 is 5.93. The Morgan fingerprint density at radius 1 is 0.833 bits per heavy atom. The number of ether oxygens (including phenoxy) is 1. The van der Waals surface area contributed by atoms with E-state index in [0.29, 0.717) is 11.4 Å². The van der Waals surface area contributed by atoms with Crippen molar-refractivity contribution in [3.63, 3.8) is 0 Å². The van der Waals surface area contributed by atoms with Crippen LogP contribution in [0, 0.1) is 0 Å². The summed E-state index contributed by atoms with van der Waals surface area (Å²) in [7, 11) is 0. The van der Waals surface area contributed by atoms with Crippen LogP contribution < -0.4 is 15.4 Å². The fourth-order valence-electron chi connectivity index (χ4n) is 3.15. The maximum atomic E-state index is 12.7. The largest absolute Gasteiger partial charge is 0.455 e. The lowest BCUT2D eigenvalue weighted by atomic mass is 10.1. The van der Waals surface area contributed by atoms with Crippen molar-refractivity contribution < 1.29 is 9.53 Å². The van der Waals surface area contributed by atoms with E-state index in [1.807, 2.05) is 84.2 Å². The summed E-state index contributed by atoms with van der Waals surface area (Å²) in [5.41, 5.74) is 1.76. The van der Waals surface area contributed by atoms with Gasteiger partial charge in [-0.1, -0.05) is 66.7 Å². The van der Waals surface area contributed by atoms with Gasteiger partial charge in [0.05, 0.1) is 18.3 Å². The SMILES string of the molecule is O=C(CN[C@@H](c1ccccc1)c1cccs1)Nc1ccccc1Oc1ccccc1. The van der Waals surface area contributed by atoms with Crippen LogP contribution in [0.2, 0.25) is 0 Å². The molecule has 0 unspecified atom stereocenters. The van der Waals surface area contributed by atoms with Gasteiger partial charge < -0.3 is 10.1 Å². The van der Waals surface area contributed by atoms with Gasteiger partial charge in [-0.05, 0) is 41.3 Å². The van der Waals surface area contributed by atoms with Gasteiger partial charge in [-0.2, -0.15) is 0 Å². The molecule has 1 aromatic heterocycles. The highest BCUT2D eigenvalue weighted by molar-refractivity contribution is 7.10. The van der Waals surface area contributed by atoms with Crippen LogP contribution in [0.3, 0.4) is 0 Å². The molecule has 0 spiro atoms. The Morgan fingerprint density at radius 3 is 2.27 bits per heavy atom. The summed E-state index contributed by atoms with van der Waals surface area (Å²) in [6.45, 7) is 0.178. The summed E-state index contributed by atoms with van der Waals surface area (Å²) in [5.74, 6) is 1.20. The number of nitrogens with one attached hydrogen (secondary N) is 2. The standard InChI is InChI=1S/C25H22N2O2S/c28-24(18-26-25(23-16-9-17-30-23)19-10-3-1-4-11-19)27-21-14-7-8-15-22(21)29-20-12-5-2-6-13-20/h1-17,25-26H,18H2,(H,27,28)/t25-/m0/s1. The normalized spacial score (nSPS) is 11.6. The fourth-order valence-corrected chi connectivity index (χ4v) is 3.97. The molecule has 4 nitrogen and oxygen atoms in total. The maximum Gasteiger partial charge on any atom is 0.238 e. The van der Waals surface area contributed by atoms with Crippen molar-refractivity contribution >= 4 is 22.9 Å². The molecular formula is C25H22N2O2S. The van der Waals surface area contributed by atoms with E-state index in [9.17, 15) is 4.79 Å². The Labute approximate surface area is 180 Å². The van der Waals surface area contributed by atoms with E-state index >= 15 is 0 Å². The quantitative estimate of drug-likeness (QED) is 0.380. The smallest absolute Gasteiger partial charge is 0.238 e. The van der Waals surface area contributed by atoms with Crippen molar-refractivity contribution in [3.05, 3.63) is 113 Å². The van der Waals surface area contributed by atoms with Gasteiger partial charge in [-0.15, -0.1) is 11.3 Å². The molecule has 4 aromatic rings. The van der Waals surface area contributed by atoms with Crippen LogP contribution in [0.4, 0.5) is 5.69 Å². The first-order valence-corrected chi connectivity index (χ1v) is 10.6. The van der Waals surface area contributed by atoms with E-state index in [1.165, 1.54) is 4.88 Å². The Hall–Kier alpha value is -3.41. The lowest BCUT2D eigenvalue weighted by Gasteiger charge is -2.18. The molecule has 1 amide bonds. The number of hydrogen-bond acceptors (Lipinski definition) is 4. The number of thiophene rings is 1. The monoisotopic (exact) mass is 414 g/mol. The Balaban J connectivity index is 1.43. The summed E-state index contributed by atoms with van der Waals surface area (Å²) >= 11 is 1.67. The first-order valence-electron chi connectivity index (χ1n) is 9.73. The van der Waals surface area contributed by atoms with Crippen molar-refractivity contribution in [1.29, 1.82) is 0 Å². The molecule has 0 aliphatic heterocycles. The summed E-state index contributed by atoms with van der Waals surface area (Å²) in [6.07, 6.45) is 0. The molecule has 150 valence electrons. The molecule has 30 heavy (non-hydrogen) atoms. The zero-order valence-corrected chi connectivity index (χ0v) is 17.1. The summed E-state index contributed by atoms with van der Waals surface area (Å²) in [6, 6.07) is 31.2. The van der Waals surface area contributed by atoms with Gasteiger partial charge in [0.15, 0.2) is 5.75 Å². The van der Waals surface area contributed by atoms with Crippen molar-refractivity contribution in [2.45, 2.75) is 6.04 Å². The molecule has 2 N–H and O–H groups in total. The van der Waals surface area contributed by atoms with Crippen molar-refractivity contribution in [2.24, 2.45) is 0 Å². The number of para-hydroxylation sites is 3. The van der Waals surface area contributed by atoms with Gasteiger partial charge in [0.1, 0.15) is 5.75 Å². The van der Waals surface area contributed by atoms with Crippen molar-refractivity contribution in [2.75, 3.05) is 11.9 Å². The highest BCUT2D eigenvalue weighted by Gasteiger charge is 2.16. The van der Waals surface area contributed by atoms with Crippen LogP contribution in [0.1, 0.15) is 16.5 Å². The van der Waals surface area contributed by atoms with Gasteiger partial charge in [0, 0.05) is 4.88 Å². The number of hydrogen-bond donors (Lipinski definition) is 2. The molecule has 1 atom stereocenters. The number of carbonyl (C=O) groups is 1. The molecule has 0 bridgehead atoms. The van der Waals surface area contributed by atoms with E-state index in [0.717, 1.165) is 11.3 Å². The maximum absolute atomic E-state index is 12.7. The predicted molar refractivity (Wildman–Crippen MR) is 122 cm³/mol. The molecule has 0 aliphatic rings. The first-order chi connectivity index (χ1) is 14.8. The second-order valence-electron chi connectivity index (χ2n) is 6.70. The van der Waals surface area contributed by atoms with Crippen LogP contribution in [0.5, 0.6) is 11.5 Å². The first kappa shape index (κ1) is 19.9. The number of amides is 1. The van der Waals surface area contributed by atoms with Crippen LogP contribution >= 0.6 is 11.3 Å². The molecule has 1 heterocycles. The van der Waals surface area contributed by atoms with Gasteiger partial charge in [-0.3, -0.25) is 10.1 Å². The molecule has 0 fully saturated rings. The minimum absolute atomic E-state index is 0.0345. The van der Waals surface area contributed by atoms with E-state index in [2.05, 4.69) is 28.8 Å². The Bertz CT molecular complexity index is 1070. The molecule has 0 radical (unpaired) electrons. The van der Waals surface area contributed by atoms with Gasteiger partial charge in [-0.25, -0.2) is 0 Å². The minimum Gasteiger partial charge on any atom is -0.455 e. The third-order valence-corrected chi connectivity index (χ3v) is 5.50. The number of benzene rings is 3. The molecule has 0 saturated heterocycles. The number of anilines is 1. The predicted octanol–water partition coefficient (Wildman–Crippen LogP) is 5.86. The van der Waals surface area contributed by atoms with Crippen molar-refractivity contribution in [1.82, 2.24) is 5.32 Å². The molecular weight excluding hydrogens is 392 g/mol. The molecule has 4 rings (SSSR count). The van der Waals surface area contributed by atoms with Crippen LogP contribution in [-0.4, -0.2) is 12.5 Å². The number of carbonyl (C=O) groups excluding carboxylic acids is 1. The third-order valence-electron chi connectivity index (χ3n) is 4.56. The van der Waals surface area contributed by atoms with E-state index in [1.54, 1.807) is 11.3 Å². The summed E-state index contributed by atoms with van der Waals surface area (Å²) in [4.78, 5) is 13.9. The fraction of sp³-hybridized carbons (Fsp3) is 0.0800. The average molecular weight is 415 g/mol. The Morgan fingerprint density at radius 2 is 1.53 bits per heavy atom. The van der Waals surface area contributed by atoms with Gasteiger partial charge in [0.2, 0.25) is 5.91 Å². The second kappa shape index (κ2) is 9.87. The molecule has 0 aliphatic carbocycles. The highest BCUT2D eigenvalue weighted by atomic mass is 32.1. The average Bonchev–Trinajstić information content (AvgIpc) is 3.31. The molecule has 5 heteroatoms. The van der Waals surface area contributed by atoms with E-state index < -0.39 is 0 Å². The molecule has 0 saturated carbocycles. The number of rotatable bonds is 8. The zero-order valence-electron chi connectivity index (χ0n) is 16.3. The van der Waals surface area contributed by atoms with E-state index in [4.69, 9.17) is 4.74 Å². The lowest BCUT2D eigenvalue weighted by molar-refractivity contribution is -0.115. The minimum atomic E-state index is -0.128. The third kappa shape index (κ3) is 5.14. The highest BCUT2D eigenvalue weighted by Crippen LogP contribution is 2.29. The van der Waals surface area contributed by atoms with Crippen molar-refractivity contribution in [3.8, 4) is 11.5 Å². The molecule has 3 aromatic carbocycles. The van der Waals surface area contributed by atoms with Crippen LogP contribution in [0.25, 0.3) is 0 Å². The van der Waals surface area contributed by atoms with E-state index in [-0.39, 0.29) is 18.5 Å². The van der Waals surface area contributed by atoms with Crippen LogP contribution in [-0.2, 0) is 4.79 Å². The Kier molecular flexibility index (Phi) is 6.54. The summed E-state index contributed by atoms with van der Waals surface area (Å²) in [5, 5.41) is 8.39. The van der Waals surface area contributed by atoms with Gasteiger partial charge in [0.25, 0.3) is 0 Å². The zero-order chi connectivity index (χ0) is 20.6. The van der Waals surface area contributed by atoms with Gasteiger partial charge >= 0.3 is 0 Å². The second-order valence-corrected chi connectivity index (χ2v) is 7.68.